The van der Waals surface area contributed by atoms with Gasteiger partial charge in [-0.15, -0.1) is 0 Å². The van der Waals surface area contributed by atoms with E-state index < -0.39 is 17.9 Å². The van der Waals surface area contributed by atoms with E-state index in [-0.39, 0.29) is 5.76 Å². The molecular formula is C14H15NO4. The molecule has 0 radical (unpaired) electrons. The number of nitrogens with one attached hydrogen (secondary N) is 1. The summed E-state index contributed by atoms with van der Waals surface area (Å²) in [6.07, 6.45) is 1.07. The average Bonchev–Trinajstić information content (AvgIpc) is 2.81. The van der Waals surface area contributed by atoms with Crippen LogP contribution in [-0.4, -0.2) is 23.0 Å². The number of hydrogen-bond acceptors (Lipinski definition) is 3. The van der Waals surface area contributed by atoms with Crippen LogP contribution in [0.1, 0.15) is 30.3 Å². The summed E-state index contributed by atoms with van der Waals surface area (Å²) in [5, 5.41) is 12.3. The third-order valence-electron chi connectivity index (χ3n) is 2.83. The maximum atomic E-state index is 11.9. The summed E-state index contributed by atoms with van der Waals surface area (Å²) in [7, 11) is 0. The van der Waals surface area contributed by atoms with Crippen LogP contribution in [0, 0.1) is 0 Å². The van der Waals surface area contributed by atoms with Crippen LogP contribution in [0.2, 0.25) is 0 Å². The molecule has 5 nitrogen and oxygen atoms in total. The molecule has 2 aromatic rings. The van der Waals surface area contributed by atoms with Crippen LogP contribution in [0.5, 0.6) is 0 Å². The smallest absolute Gasteiger partial charge is 0.326 e. The summed E-state index contributed by atoms with van der Waals surface area (Å²) in [4.78, 5) is 22.9. The summed E-state index contributed by atoms with van der Waals surface area (Å²) in [6, 6.07) is 7.96. The lowest BCUT2D eigenvalue weighted by Crippen LogP contribution is -2.40. The van der Waals surface area contributed by atoms with Gasteiger partial charge in [0.2, 0.25) is 0 Å². The highest BCUT2D eigenvalue weighted by molar-refractivity contribution is 5.97. The second-order valence-corrected chi connectivity index (χ2v) is 4.30. The number of rotatable bonds is 5. The number of carboxylic acid groups (broad SMARTS) is 1. The van der Waals surface area contributed by atoms with Crippen molar-refractivity contribution in [2.24, 2.45) is 0 Å². The molecule has 5 heteroatoms. The van der Waals surface area contributed by atoms with Gasteiger partial charge in [0.1, 0.15) is 11.6 Å². The van der Waals surface area contributed by atoms with E-state index >= 15 is 0 Å². The lowest BCUT2D eigenvalue weighted by molar-refractivity contribution is -0.139. The van der Waals surface area contributed by atoms with Crippen LogP contribution in [0.3, 0.4) is 0 Å². The quantitative estimate of drug-likeness (QED) is 0.866. The number of furan rings is 1. The van der Waals surface area contributed by atoms with E-state index in [0.717, 1.165) is 5.39 Å². The first-order valence-corrected chi connectivity index (χ1v) is 6.14. The number of benzene rings is 1. The lowest BCUT2D eigenvalue weighted by Gasteiger charge is -2.11. The van der Waals surface area contributed by atoms with Crippen molar-refractivity contribution in [2.45, 2.75) is 25.8 Å². The molecule has 0 unspecified atom stereocenters. The Morgan fingerprint density at radius 3 is 2.74 bits per heavy atom. The first kappa shape index (κ1) is 13.1. The molecule has 0 aliphatic heterocycles. The van der Waals surface area contributed by atoms with Gasteiger partial charge in [0, 0.05) is 5.39 Å². The van der Waals surface area contributed by atoms with Crippen LogP contribution in [-0.2, 0) is 4.79 Å². The summed E-state index contributed by atoms with van der Waals surface area (Å²) in [5.74, 6) is -1.41. The average molecular weight is 261 g/mol. The molecule has 0 spiro atoms. The molecule has 1 atom stereocenters. The Morgan fingerprint density at radius 2 is 2.11 bits per heavy atom. The van der Waals surface area contributed by atoms with E-state index in [2.05, 4.69) is 5.32 Å². The van der Waals surface area contributed by atoms with Gasteiger partial charge < -0.3 is 14.8 Å². The largest absolute Gasteiger partial charge is 0.480 e. The first-order valence-electron chi connectivity index (χ1n) is 6.14. The van der Waals surface area contributed by atoms with Crippen molar-refractivity contribution in [3.63, 3.8) is 0 Å². The minimum Gasteiger partial charge on any atom is -0.480 e. The highest BCUT2D eigenvalue weighted by Gasteiger charge is 2.21. The third-order valence-corrected chi connectivity index (χ3v) is 2.83. The minimum absolute atomic E-state index is 0.128. The second-order valence-electron chi connectivity index (χ2n) is 4.30. The Bertz CT molecular complexity index is 569. The number of aliphatic carboxylic acids is 1. The van der Waals surface area contributed by atoms with Crippen LogP contribution in [0.4, 0.5) is 0 Å². The highest BCUT2D eigenvalue weighted by Crippen LogP contribution is 2.18. The number of hydrogen-bond donors (Lipinski definition) is 2. The summed E-state index contributed by atoms with van der Waals surface area (Å²) >= 11 is 0. The van der Waals surface area contributed by atoms with Crippen molar-refractivity contribution >= 4 is 22.8 Å². The monoisotopic (exact) mass is 261 g/mol. The van der Waals surface area contributed by atoms with Gasteiger partial charge in [-0.25, -0.2) is 4.79 Å². The Labute approximate surface area is 110 Å². The summed E-state index contributed by atoms with van der Waals surface area (Å²) in [5.41, 5.74) is 0.606. The maximum Gasteiger partial charge on any atom is 0.326 e. The number of fused-ring (bicyclic) bond motifs is 1. The van der Waals surface area contributed by atoms with Crippen LogP contribution < -0.4 is 5.32 Å². The number of carbonyl (C=O) groups is 2. The Kier molecular flexibility index (Phi) is 3.85. The number of amides is 1. The molecule has 0 fully saturated rings. The Hall–Kier alpha value is -2.30. The molecule has 1 heterocycles. The predicted molar refractivity (Wildman–Crippen MR) is 70.0 cm³/mol. The normalized spacial score (nSPS) is 12.3. The van der Waals surface area contributed by atoms with Crippen molar-refractivity contribution in [1.82, 2.24) is 5.32 Å². The van der Waals surface area contributed by atoms with E-state index in [9.17, 15) is 9.59 Å². The van der Waals surface area contributed by atoms with E-state index in [0.29, 0.717) is 18.4 Å². The molecule has 0 saturated heterocycles. The number of carboxylic acids is 1. The molecule has 1 aromatic carbocycles. The Balaban J connectivity index is 2.16. The number of carbonyl (C=O) groups excluding carboxylic acids is 1. The SMILES string of the molecule is CCC[C@@H](NC(=O)c1cc2ccccc2o1)C(=O)O. The molecule has 2 N–H and O–H groups in total. The fraction of sp³-hybridized carbons (Fsp3) is 0.286. The van der Waals surface area contributed by atoms with Crippen molar-refractivity contribution in [1.29, 1.82) is 0 Å². The zero-order chi connectivity index (χ0) is 13.8. The van der Waals surface area contributed by atoms with Crippen LogP contribution >= 0.6 is 0 Å². The van der Waals surface area contributed by atoms with E-state index in [4.69, 9.17) is 9.52 Å². The molecule has 0 aliphatic carbocycles. The molecule has 0 saturated carbocycles. The molecule has 1 amide bonds. The van der Waals surface area contributed by atoms with Gasteiger partial charge in [-0.3, -0.25) is 4.79 Å². The molecule has 2 rings (SSSR count). The predicted octanol–water partition coefficient (Wildman–Crippen LogP) is 2.42. The standard InChI is InChI=1S/C14H15NO4/c1-2-5-10(14(17)18)15-13(16)12-8-9-6-3-4-7-11(9)19-12/h3-4,6-8,10H,2,5H2,1H3,(H,15,16)(H,17,18)/t10-/m1/s1. The topological polar surface area (TPSA) is 79.5 Å². The van der Waals surface area contributed by atoms with Crippen LogP contribution in [0.15, 0.2) is 34.7 Å². The van der Waals surface area contributed by atoms with Gasteiger partial charge in [0.25, 0.3) is 5.91 Å². The zero-order valence-corrected chi connectivity index (χ0v) is 10.6. The van der Waals surface area contributed by atoms with Gasteiger partial charge in [-0.05, 0) is 18.6 Å². The number of para-hydroxylation sites is 1. The molecule has 100 valence electrons. The van der Waals surface area contributed by atoms with Gasteiger partial charge in [-0.1, -0.05) is 31.5 Å². The molecular weight excluding hydrogens is 246 g/mol. The first-order chi connectivity index (χ1) is 9.11. The van der Waals surface area contributed by atoms with E-state index in [1.807, 2.05) is 25.1 Å². The lowest BCUT2D eigenvalue weighted by atomic mass is 10.1. The maximum absolute atomic E-state index is 11.9. The molecule has 0 bridgehead atoms. The van der Waals surface area contributed by atoms with Gasteiger partial charge in [0.15, 0.2) is 5.76 Å². The van der Waals surface area contributed by atoms with Crippen LogP contribution in [0.25, 0.3) is 11.0 Å². The van der Waals surface area contributed by atoms with Crippen molar-refractivity contribution in [3.8, 4) is 0 Å². The van der Waals surface area contributed by atoms with Gasteiger partial charge >= 0.3 is 5.97 Å². The zero-order valence-electron chi connectivity index (χ0n) is 10.6. The molecule has 1 aromatic heterocycles. The summed E-state index contributed by atoms with van der Waals surface area (Å²) in [6.45, 7) is 1.86. The van der Waals surface area contributed by atoms with Crippen molar-refractivity contribution in [2.75, 3.05) is 0 Å². The molecule has 19 heavy (non-hydrogen) atoms. The van der Waals surface area contributed by atoms with E-state index in [1.165, 1.54) is 0 Å². The van der Waals surface area contributed by atoms with Crippen molar-refractivity contribution < 1.29 is 19.1 Å². The molecule has 0 aliphatic rings. The minimum atomic E-state index is -1.04. The van der Waals surface area contributed by atoms with E-state index in [1.54, 1.807) is 12.1 Å². The van der Waals surface area contributed by atoms with Crippen molar-refractivity contribution in [3.05, 3.63) is 36.1 Å². The van der Waals surface area contributed by atoms with Gasteiger partial charge in [-0.2, -0.15) is 0 Å². The third kappa shape index (κ3) is 2.93. The summed E-state index contributed by atoms with van der Waals surface area (Å²) < 4.78 is 5.38. The fourth-order valence-electron chi connectivity index (χ4n) is 1.87. The highest BCUT2D eigenvalue weighted by atomic mass is 16.4. The Morgan fingerprint density at radius 1 is 1.37 bits per heavy atom. The second kappa shape index (κ2) is 5.56. The fourth-order valence-corrected chi connectivity index (χ4v) is 1.87. The van der Waals surface area contributed by atoms with Gasteiger partial charge in [0.05, 0.1) is 0 Å².